The van der Waals surface area contributed by atoms with Gasteiger partial charge in [-0.05, 0) is 19.8 Å². The van der Waals surface area contributed by atoms with Crippen LogP contribution in [0.15, 0.2) is 4.52 Å². The van der Waals surface area contributed by atoms with Crippen LogP contribution in [-0.2, 0) is 11.3 Å². The van der Waals surface area contributed by atoms with Crippen molar-refractivity contribution < 1.29 is 9.32 Å². The van der Waals surface area contributed by atoms with Crippen LogP contribution < -0.4 is 11.1 Å². The molecular weight excluding hydrogens is 208 g/mol. The molecule has 16 heavy (non-hydrogen) atoms. The smallest absolute Gasteiger partial charge is 0.223 e. The minimum atomic E-state index is -0.0110. The molecule has 0 aliphatic carbocycles. The molecule has 1 aromatic heterocycles. The van der Waals surface area contributed by atoms with Crippen molar-refractivity contribution in [3.05, 3.63) is 11.7 Å². The number of nitrogens with zero attached hydrogens (tertiary/aromatic N) is 2. The Hall–Kier alpha value is -1.43. The largest absolute Gasteiger partial charge is 0.349 e. The molecule has 0 fully saturated rings. The molecule has 0 aromatic carbocycles. The van der Waals surface area contributed by atoms with E-state index >= 15 is 0 Å². The number of rotatable bonds is 6. The van der Waals surface area contributed by atoms with Gasteiger partial charge in [0.05, 0.1) is 6.54 Å². The minimum Gasteiger partial charge on any atom is -0.349 e. The van der Waals surface area contributed by atoms with Crippen molar-refractivity contribution in [1.29, 1.82) is 0 Å². The first kappa shape index (κ1) is 12.6. The summed E-state index contributed by atoms with van der Waals surface area (Å²) >= 11 is 0. The molecule has 1 rings (SSSR count). The van der Waals surface area contributed by atoms with Crippen molar-refractivity contribution in [2.45, 2.75) is 45.7 Å². The van der Waals surface area contributed by atoms with Crippen molar-refractivity contribution in [2.24, 2.45) is 5.73 Å². The van der Waals surface area contributed by atoms with Crippen LogP contribution in [0.2, 0.25) is 0 Å². The van der Waals surface area contributed by atoms with Crippen LogP contribution in [0.5, 0.6) is 0 Å². The summed E-state index contributed by atoms with van der Waals surface area (Å²) in [4.78, 5) is 15.3. The van der Waals surface area contributed by atoms with Crippen molar-refractivity contribution in [3.63, 3.8) is 0 Å². The molecule has 1 aromatic rings. The van der Waals surface area contributed by atoms with E-state index in [9.17, 15) is 4.79 Å². The lowest BCUT2D eigenvalue weighted by molar-refractivity contribution is -0.121. The van der Waals surface area contributed by atoms with E-state index in [0.29, 0.717) is 24.7 Å². The quantitative estimate of drug-likeness (QED) is 0.737. The summed E-state index contributed by atoms with van der Waals surface area (Å²) in [5, 5.41) is 6.40. The van der Waals surface area contributed by atoms with Gasteiger partial charge in [-0.25, -0.2) is 0 Å². The molecule has 1 heterocycles. The Labute approximate surface area is 94.6 Å². The van der Waals surface area contributed by atoms with Gasteiger partial charge in [0.1, 0.15) is 0 Å². The van der Waals surface area contributed by atoms with E-state index in [1.807, 2.05) is 6.92 Å². The topological polar surface area (TPSA) is 94.0 Å². The van der Waals surface area contributed by atoms with Crippen LogP contribution in [0.3, 0.4) is 0 Å². The van der Waals surface area contributed by atoms with E-state index in [1.54, 1.807) is 6.92 Å². The first-order valence-corrected chi connectivity index (χ1v) is 5.39. The van der Waals surface area contributed by atoms with Crippen LogP contribution in [0.25, 0.3) is 0 Å². The Kier molecular flexibility index (Phi) is 4.91. The van der Waals surface area contributed by atoms with Gasteiger partial charge in [-0.2, -0.15) is 4.98 Å². The minimum absolute atomic E-state index is 0.0110. The third-order valence-electron chi connectivity index (χ3n) is 2.08. The number of aromatic nitrogens is 2. The number of amides is 1. The second-order valence-electron chi connectivity index (χ2n) is 3.88. The molecule has 0 bridgehead atoms. The summed E-state index contributed by atoms with van der Waals surface area (Å²) in [5.74, 6) is 0.988. The van der Waals surface area contributed by atoms with Gasteiger partial charge < -0.3 is 15.6 Å². The predicted molar refractivity (Wildman–Crippen MR) is 58.4 cm³/mol. The van der Waals surface area contributed by atoms with Crippen LogP contribution >= 0.6 is 0 Å². The second-order valence-corrected chi connectivity index (χ2v) is 3.88. The number of aryl methyl sites for hydroxylation is 1. The SMILES string of the molecule is Cc1nc(CNC(=O)CCCC(C)N)no1. The Morgan fingerprint density at radius 1 is 1.62 bits per heavy atom. The van der Waals surface area contributed by atoms with Gasteiger partial charge in [0.25, 0.3) is 0 Å². The first-order valence-electron chi connectivity index (χ1n) is 5.39. The highest BCUT2D eigenvalue weighted by molar-refractivity contribution is 5.75. The van der Waals surface area contributed by atoms with Crippen LogP contribution in [0.4, 0.5) is 0 Å². The van der Waals surface area contributed by atoms with E-state index in [2.05, 4.69) is 15.5 Å². The van der Waals surface area contributed by atoms with Crippen LogP contribution in [0.1, 0.15) is 37.9 Å². The number of hydrogen-bond acceptors (Lipinski definition) is 5. The van der Waals surface area contributed by atoms with E-state index in [-0.39, 0.29) is 11.9 Å². The van der Waals surface area contributed by atoms with Crippen LogP contribution in [0, 0.1) is 6.92 Å². The van der Waals surface area contributed by atoms with Gasteiger partial charge in [0.2, 0.25) is 11.8 Å². The predicted octanol–water partition coefficient (Wildman–Crippen LogP) is 0.512. The van der Waals surface area contributed by atoms with E-state index in [0.717, 1.165) is 12.8 Å². The average Bonchev–Trinajstić information content (AvgIpc) is 2.61. The number of carbonyl (C=O) groups is 1. The highest BCUT2D eigenvalue weighted by Gasteiger charge is 2.05. The highest BCUT2D eigenvalue weighted by atomic mass is 16.5. The van der Waals surface area contributed by atoms with Crippen molar-refractivity contribution in [2.75, 3.05) is 0 Å². The molecule has 0 aliphatic heterocycles. The molecule has 6 nitrogen and oxygen atoms in total. The number of nitrogens with one attached hydrogen (secondary N) is 1. The first-order chi connectivity index (χ1) is 7.58. The maximum Gasteiger partial charge on any atom is 0.223 e. The van der Waals surface area contributed by atoms with E-state index in [4.69, 9.17) is 10.3 Å². The van der Waals surface area contributed by atoms with E-state index < -0.39 is 0 Å². The highest BCUT2D eigenvalue weighted by Crippen LogP contribution is 1.99. The zero-order valence-electron chi connectivity index (χ0n) is 9.69. The summed E-state index contributed by atoms with van der Waals surface area (Å²) in [6.45, 7) is 3.95. The molecule has 0 aliphatic rings. The maximum absolute atomic E-state index is 11.4. The molecule has 0 saturated heterocycles. The second kappa shape index (κ2) is 6.22. The Morgan fingerprint density at radius 2 is 2.38 bits per heavy atom. The zero-order chi connectivity index (χ0) is 12.0. The molecular formula is C10H18N4O2. The third-order valence-corrected chi connectivity index (χ3v) is 2.08. The van der Waals surface area contributed by atoms with Gasteiger partial charge in [0, 0.05) is 19.4 Å². The normalized spacial score (nSPS) is 12.4. The van der Waals surface area contributed by atoms with Gasteiger partial charge in [-0.3, -0.25) is 4.79 Å². The molecule has 1 unspecified atom stereocenters. The fourth-order valence-corrected chi connectivity index (χ4v) is 1.26. The maximum atomic E-state index is 11.4. The Morgan fingerprint density at radius 3 is 2.94 bits per heavy atom. The van der Waals surface area contributed by atoms with Crippen molar-refractivity contribution in [1.82, 2.24) is 15.5 Å². The Bertz CT molecular complexity index is 335. The van der Waals surface area contributed by atoms with Crippen molar-refractivity contribution >= 4 is 5.91 Å². The van der Waals surface area contributed by atoms with Gasteiger partial charge in [-0.15, -0.1) is 0 Å². The molecule has 0 spiro atoms. The fourth-order valence-electron chi connectivity index (χ4n) is 1.26. The summed E-state index contributed by atoms with van der Waals surface area (Å²) in [7, 11) is 0. The summed E-state index contributed by atoms with van der Waals surface area (Å²) in [5.41, 5.74) is 5.58. The Balaban J connectivity index is 2.15. The standard InChI is InChI=1S/C10H18N4O2/c1-7(11)4-3-5-10(15)12-6-9-13-8(2)16-14-9/h7H,3-6,11H2,1-2H3,(H,12,15). The van der Waals surface area contributed by atoms with Gasteiger partial charge in [-0.1, -0.05) is 5.16 Å². The fraction of sp³-hybridized carbons (Fsp3) is 0.700. The summed E-state index contributed by atoms with van der Waals surface area (Å²) in [6, 6.07) is 0.146. The summed E-state index contributed by atoms with van der Waals surface area (Å²) in [6.07, 6.45) is 2.14. The number of nitrogens with two attached hydrogens (primary N) is 1. The lowest BCUT2D eigenvalue weighted by Crippen LogP contribution is -2.24. The lowest BCUT2D eigenvalue weighted by Gasteiger charge is -2.04. The monoisotopic (exact) mass is 226 g/mol. The van der Waals surface area contributed by atoms with Crippen LogP contribution in [-0.4, -0.2) is 22.1 Å². The molecule has 1 amide bonds. The molecule has 6 heteroatoms. The number of hydrogen-bond donors (Lipinski definition) is 2. The van der Waals surface area contributed by atoms with E-state index in [1.165, 1.54) is 0 Å². The third kappa shape index (κ3) is 4.88. The van der Waals surface area contributed by atoms with Crippen molar-refractivity contribution in [3.8, 4) is 0 Å². The molecule has 0 radical (unpaired) electrons. The molecule has 90 valence electrons. The number of carbonyl (C=O) groups excluding carboxylic acids is 1. The van der Waals surface area contributed by atoms with Gasteiger partial charge in [0.15, 0.2) is 5.82 Å². The molecule has 1 atom stereocenters. The zero-order valence-corrected chi connectivity index (χ0v) is 9.69. The summed E-state index contributed by atoms with van der Waals surface area (Å²) < 4.78 is 4.78. The lowest BCUT2D eigenvalue weighted by atomic mass is 10.1. The average molecular weight is 226 g/mol. The molecule has 0 saturated carbocycles. The van der Waals surface area contributed by atoms with Gasteiger partial charge >= 0.3 is 0 Å². The molecule has 3 N–H and O–H groups in total.